The van der Waals surface area contributed by atoms with E-state index in [-0.39, 0.29) is 11.8 Å². The maximum Gasteiger partial charge on any atom is 0.229 e. The van der Waals surface area contributed by atoms with Gasteiger partial charge in [0.2, 0.25) is 5.91 Å². The van der Waals surface area contributed by atoms with E-state index < -0.39 is 5.60 Å². The second-order valence-electron chi connectivity index (χ2n) is 6.17. The van der Waals surface area contributed by atoms with E-state index >= 15 is 0 Å². The van der Waals surface area contributed by atoms with Gasteiger partial charge in [-0.05, 0) is 31.0 Å². The Hall–Kier alpha value is -1.59. The van der Waals surface area contributed by atoms with Crippen LogP contribution in [-0.2, 0) is 11.2 Å². The number of nitrogens with one attached hydrogen (secondary N) is 1. The van der Waals surface area contributed by atoms with Gasteiger partial charge in [-0.1, -0.05) is 18.2 Å². The number of amides is 1. The molecule has 0 aromatic heterocycles. The van der Waals surface area contributed by atoms with Crippen LogP contribution in [0.3, 0.4) is 0 Å². The third-order valence-corrected chi connectivity index (χ3v) is 4.36. The fourth-order valence-electron chi connectivity index (χ4n) is 3.18. The lowest BCUT2D eigenvalue weighted by Gasteiger charge is -2.32. The molecule has 0 bridgehead atoms. The summed E-state index contributed by atoms with van der Waals surface area (Å²) in [5, 5.41) is 13.5. The van der Waals surface area contributed by atoms with E-state index in [0.29, 0.717) is 32.5 Å². The summed E-state index contributed by atoms with van der Waals surface area (Å²) in [6.07, 6.45) is 1.39. The lowest BCUT2D eigenvalue weighted by Crippen LogP contribution is -2.48. The summed E-state index contributed by atoms with van der Waals surface area (Å²) in [5.74, 6) is 0.760. The molecule has 3 rings (SSSR count). The number of ether oxygens (including phenoxy) is 1. The summed E-state index contributed by atoms with van der Waals surface area (Å²) in [7, 11) is 1.76. The van der Waals surface area contributed by atoms with Gasteiger partial charge in [0.05, 0.1) is 18.1 Å². The normalized spacial score (nSPS) is 27.8. The predicted octanol–water partition coefficient (Wildman–Crippen LogP) is 0.421. The molecule has 2 aliphatic heterocycles. The summed E-state index contributed by atoms with van der Waals surface area (Å²) in [6, 6.07) is 7.84. The molecular weight excluding hydrogens is 268 g/mol. The van der Waals surface area contributed by atoms with E-state index in [0.717, 1.165) is 17.9 Å². The Kier molecular flexibility index (Phi) is 3.87. The van der Waals surface area contributed by atoms with Crippen LogP contribution in [0, 0.1) is 5.92 Å². The zero-order chi connectivity index (χ0) is 14.9. The highest BCUT2D eigenvalue weighted by atomic mass is 16.5. The van der Waals surface area contributed by atoms with Gasteiger partial charge in [-0.3, -0.25) is 4.79 Å². The van der Waals surface area contributed by atoms with Gasteiger partial charge in [0, 0.05) is 13.6 Å². The maximum absolute atomic E-state index is 12.6. The Morgan fingerprint density at radius 2 is 2.33 bits per heavy atom. The molecule has 114 valence electrons. The van der Waals surface area contributed by atoms with Crippen molar-refractivity contribution in [1.29, 1.82) is 0 Å². The Morgan fingerprint density at radius 1 is 1.52 bits per heavy atom. The Balaban J connectivity index is 1.63. The smallest absolute Gasteiger partial charge is 0.229 e. The molecular formula is C16H22N2O3. The van der Waals surface area contributed by atoms with Gasteiger partial charge in [0.15, 0.2) is 0 Å². The van der Waals surface area contributed by atoms with Crippen LogP contribution in [0.1, 0.15) is 12.0 Å². The van der Waals surface area contributed by atoms with Crippen molar-refractivity contribution in [2.45, 2.75) is 18.4 Å². The van der Waals surface area contributed by atoms with Crippen molar-refractivity contribution in [1.82, 2.24) is 10.2 Å². The van der Waals surface area contributed by atoms with E-state index in [4.69, 9.17) is 4.74 Å². The summed E-state index contributed by atoms with van der Waals surface area (Å²) in [4.78, 5) is 14.2. The SMILES string of the molecule is CN(CC1(O)CCNC1)C(=O)C1COc2ccccc2C1. The number of hydrogen-bond donors (Lipinski definition) is 2. The van der Waals surface area contributed by atoms with Crippen LogP contribution in [0.2, 0.25) is 0 Å². The minimum absolute atomic E-state index is 0.0461. The van der Waals surface area contributed by atoms with Crippen molar-refractivity contribution in [2.75, 3.05) is 33.3 Å². The number of nitrogens with zero attached hydrogens (tertiary/aromatic N) is 1. The molecule has 0 saturated carbocycles. The van der Waals surface area contributed by atoms with Crippen molar-refractivity contribution >= 4 is 5.91 Å². The zero-order valence-corrected chi connectivity index (χ0v) is 12.3. The number of carbonyl (C=O) groups excluding carboxylic acids is 1. The van der Waals surface area contributed by atoms with Crippen molar-refractivity contribution in [3.63, 3.8) is 0 Å². The van der Waals surface area contributed by atoms with Gasteiger partial charge in [-0.25, -0.2) is 0 Å². The molecule has 5 heteroatoms. The highest BCUT2D eigenvalue weighted by Gasteiger charge is 2.35. The number of likely N-dealkylation sites (N-methyl/N-ethyl adjacent to an activating group) is 1. The summed E-state index contributed by atoms with van der Waals surface area (Å²) < 4.78 is 5.68. The fourth-order valence-corrected chi connectivity index (χ4v) is 3.18. The average molecular weight is 290 g/mol. The molecule has 1 aromatic rings. The lowest BCUT2D eigenvalue weighted by molar-refractivity contribution is -0.138. The summed E-state index contributed by atoms with van der Waals surface area (Å²) in [6.45, 7) is 2.14. The predicted molar refractivity (Wildman–Crippen MR) is 79.2 cm³/mol. The third kappa shape index (κ3) is 3.04. The van der Waals surface area contributed by atoms with Crippen LogP contribution in [0.15, 0.2) is 24.3 Å². The molecule has 2 unspecified atom stereocenters. The van der Waals surface area contributed by atoms with E-state index in [1.807, 2.05) is 24.3 Å². The number of rotatable bonds is 3. The first-order valence-electron chi connectivity index (χ1n) is 7.46. The fraction of sp³-hybridized carbons (Fsp3) is 0.562. The van der Waals surface area contributed by atoms with Crippen LogP contribution in [0.5, 0.6) is 5.75 Å². The molecule has 1 amide bonds. The van der Waals surface area contributed by atoms with Crippen LogP contribution in [0.25, 0.3) is 0 Å². The van der Waals surface area contributed by atoms with E-state index in [2.05, 4.69) is 5.32 Å². The molecule has 0 spiro atoms. The highest BCUT2D eigenvalue weighted by Crippen LogP contribution is 2.28. The van der Waals surface area contributed by atoms with Crippen molar-refractivity contribution in [2.24, 2.45) is 5.92 Å². The summed E-state index contributed by atoms with van der Waals surface area (Å²) in [5.41, 5.74) is 0.287. The van der Waals surface area contributed by atoms with Gasteiger partial charge in [-0.15, -0.1) is 0 Å². The maximum atomic E-state index is 12.6. The van der Waals surface area contributed by atoms with E-state index in [1.54, 1.807) is 11.9 Å². The average Bonchev–Trinajstić information content (AvgIpc) is 2.92. The molecule has 1 fully saturated rings. The molecule has 2 heterocycles. The van der Waals surface area contributed by atoms with Gasteiger partial charge >= 0.3 is 0 Å². The summed E-state index contributed by atoms with van der Waals surface area (Å²) >= 11 is 0. The van der Waals surface area contributed by atoms with Crippen LogP contribution < -0.4 is 10.1 Å². The third-order valence-electron chi connectivity index (χ3n) is 4.36. The van der Waals surface area contributed by atoms with Gasteiger partial charge < -0.3 is 20.1 Å². The van der Waals surface area contributed by atoms with Crippen molar-refractivity contribution in [3.05, 3.63) is 29.8 Å². The molecule has 2 aliphatic rings. The minimum atomic E-state index is -0.794. The van der Waals surface area contributed by atoms with Crippen molar-refractivity contribution < 1.29 is 14.6 Å². The molecule has 0 aliphatic carbocycles. The number of hydrogen-bond acceptors (Lipinski definition) is 4. The first kappa shape index (κ1) is 14.4. The first-order chi connectivity index (χ1) is 10.1. The minimum Gasteiger partial charge on any atom is -0.492 e. The number of β-amino-alcohol motifs (C(OH)–C–C–N with tert-alkyl or cyclic N) is 1. The molecule has 2 N–H and O–H groups in total. The number of aliphatic hydroxyl groups is 1. The topological polar surface area (TPSA) is 61.8 Å². The first-order valence-corrected chi connectivity index (χ1v) is 7.46. The number of fused-ring (bicyclic) bond motifs is 1. The lowest BCUT2D eigenvalue weighted by atomic mass is 9.94. The molecule has 1 saturated heterocycles. The number of benzene rings is 1. The van der Waals surface area contributed by atoms with Crippen LogP contribution in [-0.4, -0.2) is 54.8 Å². The molecule has 5 nitrogen and oxygen atoms in total. The quantitative estimate of drug-likeness (QED) is 0.847. The number of para-hydroxylation sites is 1. The van der Waals surface area contributed by atoms with Gasteiger partial charge in [0.25, 0.3) is 0 Å². The second kappa shape index (κ2) is 5.66. The highest BCUT2D eigenvalue weighted by molar-refractivity contribution is 5.79. The van der Waals surface area contributed by atoms with Crippen LogP contribution in [0.4, 0.5) is 0 Å². The van der Waals surface area contributed by atoms with E-state index in [1.165, 1.54) is 0 Å². The molecule has 0 radical (unpaired) electrons. The zero-order valence-electron chi connectivity index (χ0n) is 12.3. The molecule has 2 atom stereocenters. The number of carbonyl (C=O) groups is 1. The standard InChI is InChI=1S/C16H22N2O3/c1-18(11-16(20)6-7-17-10-16)15(19)13-8-12-4-2-3-5-14(12)21-9-13/h2-5,13,17,20H,6-11H2,1H3. The monoisotopic (exact) mass is 290 g/mol. The Labute approximate surface area is 124 Å². The molecule has 1 aromatic carbocycles. The van der Waals surface area contributed by atoms with Crippen molar-refractivity contribution in [3.8, 4) is 5.75 Å². The largest absolute Gasteiger partial charge is 0.492 e. The molecule has 21 heavy (non-hydrogen) atoms. The van der Waals surface area contributed by atoms with Gasteiger partial charge in [-0.2, -0.15) is 0 Å². The van der Waals surface area contributed by atoms with Crippen LogP contribution >= 0.6 is 0 Å². The second-order valence-corrected chi connectivity index (χ2v) is 6.17. The Morgan fingerprint density at radius 3 is 3.10 bits per heavy atom. The van der Waals surface area contributed by atoms with E-state index in [9.17, 15) is 9.90 Å². The van der Waals surface area contributed by atoms with Gasteiger partial charge in [0.1, 0.15) is 12.4 Å². The Bertz CT molecular complexity index is 526.